The summed E-state index contributed by atoms with van der Waals surface area (Å²) in [5.41, 5.74) is 1.16. The molecule has 0 aliphatic carbocycles. The van der Waals surface area contributed by atoms with Gasteiger partial charge >= 0.3 is 0 Å². The Balaban J connectivity index is 1.91. The largest absolute Gasteiger partial charge is 0.466 e. The Kier molecular flexibility index (Phi) is 4.84. The Labute approximate surface area is 123 Å². The molecule has 1 unspecified atom stereocenters. The Morgan fingerprint density at radius 1 is 1.45 bits per heavy atom. The lowest BCUT2D eigenvalue weighted by Crippen LogP contribution is -2.38. The molecule has 0 aliphatic heterocycles. The highest BCUT2D eigenvalue weighted by Gasteiger charge is 2.10. The molecule has 0 saturated carbocycles. The van der Waals surface area contributed by atoms with Crippen LogP contribution in [-0.2, 0) is 6.54 Å². The SMILES string of the molecule is CN=C(NCc1cc(C)oc1C)NC(C)c1cccs1. The zero-order valence-corrected chi connectivity index (χ0v) is 13.2. The molecule has 0 aromatic carbocycles. The fourth-order valence-corrected chi connectivity index (χ4v) is 2.78. The molecular formula is C15H21N3OS. The third kappa shape index (κ3) is 3.63. The van der Waals surface area contributed by atoms with Gasteiger partial charge in [0.1, 0.15) is 11.5 Å². The molecule has 2 rings (SSSR count). The molecule has 0 bridgehead atoms. The average Bonchev–Trinajstić information content (AvgIpc) is 3.04. The van der Waals surface area contributed by atoms with Crippen LogP contribution in [0.2, 0.25) is 0 Å². The topological polar surface area (TPSA) is 49.6 Å². The number of furan rings is 1. The van der Waals surface area contributed by atoms with Crippen molar-refractivity contribution in [1.29, 1.82) is 0 Å². The van der Waals surface area contributed by atoms with E-state index in [0.29, 0.717) is 6.54 Å². The number of rotatable bonds is 4. The standard InChI is InChI=1S/C15H21N3OS/c1-10-8-13(12(3)19-10)9-17-15(16-4)18-11(2)14-6-5-7-20-14/h5-8,11H,9H2,1-4H3,(H2,16,17,18). The molecule has 108 valence electrons. The summed E-state index contributed by atoms with van der Waals surface area (Å²) in [4.78, 5) is 5.55. The summed E-state index contributed by atoms with van der Waals surface area (Å²) < 4.78 is 5.52. The minimum Gasteiger partial charge on any atom is -0.466 e. The fraction of sp³-hybridized carbons (Fsp3) is 0.400. The van der Waals surface area contributed by atoms with Crippen LogP contribution < -0.4 is 10.6 Å². The van der Waals surface area contributed by atoms with E-state index in [1.165, 1.54) is 4.88 Å². The third-order valence-electron chi connectivity index (χ3n) is 3.14. The van der Waals surface area contributed by atoms with Crippen LogP contribution in [0, 0.1) is 13.8 Å². The molecule has 0 spiro atoms. The Bertz CT molecular complexity index is 572. The summed E-state index contributed by atoms with van der Waals surface area (Å²) in [6.45, 7) is 6.78. The summed E-state index contributed by atoms with van der Waals surface area (Å²) in [7, 11) is 1.78. The van der Waals surface area contributed by atoms with Gasteiger partial charge in [-0.1, -0.05) is 6.07 Å². The zero-order chi connectivity index (χ0) is 14.5. The van der Waals surface area contributed by atoms with E-state index in [-0.39, 0.29) is 6.04 Å². The van der Waals surface area contributed by atoms with Gasteiger partial charge in [-0.2, -0.15) is 0 Å². The van der Waals surface area contributed by atoms with Crippen LogP contribution in [0.15, 0.2) is 33.0 Å². The molecule has 1 atom stereocenters. The second-order valence-electron chi connectivity index (χ2n) is 4.75. The smallest absolute Gasteiger partial charge is 0.191 e. The first-order valence-corrected chi connectivity index (χ1v) is 7.54. The van der Waals surface area contributed by atoms with Gasteiger partial charge < -0.3 is 15.1 Å². The molecule has 5 heteroatoms. The van der Waals surface area contributed by atoms with E-state index in [9.17, 15) is 0 Å². The van der Waals surface area contributed by atoms with E-state index in [1.807, 2.05) is 13.8 Å². The van der Waals surface area contributed by atoms with Gasteiger partial charge in [0.05, 0.1) is 6.04 Å². The van der Waals surface area contributed by atoms with Gasteiger partial charge in [-0.05, 0) is 38.3 Å². The normalized spacial score (nSPS) is 13.3. The van der Waals surface area contributed by atoms with Crippen LogP contribution in [0.25, 0.3) is 0 Å². The summed E-state index contributed by atoms with van der Waals surface area (Å²) in [6, 6.07) is 6.48. The Morgan fingerprint density at radius 3 is 2.80 bits per heavy atom. The van der Waals surface area contributed by atoms with E-state index < -0.39 is 0 Å². The lowest BCUT2D eigenvalue weighted by Gasteiger charge is -2.16. The average molecular weight is 291 g/mol. The molecule has 20 heavy (non-hydrogen) atoms. The molecule has 2 N–H and O–H groups in total. The van der Waals surface area contributed by atoms with E-state index >= 15 is 0 Å². The van der Waals surface area contributed by atoms with Crippen molar-refractivity contribution in [2.45, 2.75) is 33.4 Å². The summed E-state index contributed by atoms with van der Waals surface area (Å²) in [5, 5.41) is 8.79. The van der Waals surface area contributed by atoms with E-state index in [1.54, 1.807) is 18.4 Å². The van der Waals surface area contributed by atoms with Crippen LogP contribution >= 0.6 is 11.3 Å². The number of aliphatic imine (C=N–C) groups is 1. The predicted molar refractivity (Wildman–Crippen MR) is 84.3 cm³/mol. The fourth-order valence-electron chi connectivity index (χ4n) is 2.05. The van der Waals surface area contributed by atoms with Crippen molar-refractivity contribution in [2.75, 3.05) is 7.05 Å². The summed E-state index contributed by atoms with van der Waals surface area (Å²) in [6.07, 6.45) is 0. The molecule has 0 saturated heterocycles. The van der Waals surface area contributed by atoms with Gasteiger partial charge in [-0.15, -0.1) is 11.3 Å². The lowest BCUT2D eigenvalue weighted by molar-refractivity contribution is 0.500. The van der Waals surface area contributed by atoms with Crippen molar-refractivity contribution in [1.82, 2.24) is 10.6 Å². The first kappa shape index (κ1) is 14.7. The van der Waals surface area contributed by atoms with Crippen LogP contribution in [-0.4, -0.2) is 13.0 Å². The first-order chi connectivity index (χ1) is 9.60. The van der Waals surface area contributed by atoms with Crippen molar-refractivity contribution in [2.24, 2.45) is 4.99 Å². The highest BCUT2D eigenvalue weighted by atomic mass is 32.1. The van der Waals surface area contributed by atoms with Crippen LogP contribution in [0.3, 0.4) is 0 Å². The van der Waals surface area contributed by atoms with Crippen molar-refractivity contribution in [3.63, 3.8) is 0 Å². The number of nitrogens with one attached hydrogen (secondary N) is 2. The number of nitrogens with zero attached hydrogens (tertiary/aromatic N) is 1. The van der Waals surface area contributed by atoms with Crippen molar-refractivity contribution in [3.8, 4) is 0 Å². The quantitative estimate of drug-likeness (QED) is 0.670. The maximum absolute atomic E-state index is 5.52. The lowest BCUT2D eigenvalue weighted by atomic mass is 10.2. The third-order valence-corrected chi connectivity index (χ3v) is 4.19. The van der Waals surface area contributed by atoms with E-state index in [4.69, 9.17) is 4.42 Å². The van der Waals surface area contributed by atoms with Crippen molar-refractivity contribution >= 4 is 17.3 Å². The first-order valence-electron chi connectivity index (χ1n) is 6.66. The maximum atomic E-state index is 5.52. The summed E-state index contributed by atoms with van der Waals surface area (Å²) in [5.74, 6) is 2.69. The minimum atomic E-state index is 0.244. The van der Waals surface area contributed by atoms with Gasteiger partial charge in [0.2, 0.25) is 0 Å². The molecule has 0 aliphatic rings. The van der Waals surface area contributed by atoms with Crippen LogP contribution in [0.4, 0.5) is 0 Å². The van der Waals surface area contributed by atoms with Gasteiger partial charge in [0.25, 0.3) is 0 Å². The van der Waals surface area contributed by atoms with Crippen LogP contribution in [0.1, 0.15) is 34.9 Å². The number of guanidine groups is 1. The van der Waals surface area contributed by atoms with Gasteiger partial charge in [0, 0.05) is 24.0 Å². The van der Waals surface area contributed by atoms with Crippen molar-refractivity contribution in [3.05, 3.63) is 45.5 Å². The highest BCUT2D eigenvalue weighted by Crippen LogP contribution is 2.18. The summed E-state index contributed by atoms with van der Waals surface area (Å²) >= 11 is 1.74. The van der Waals surface area contributed by atoms with E-state index in [0.717, 1.165) is 23.0 Å². The molecule has 0 fully saturated rings. The zero-order valence-electron chi connectivity index (χ0n) is 12.4. The number of hydrogen-bond acceptors (Lipinski definition) is 3. The highest BCUT2D eigenvalue weighted by molar-refractivity contribution is 7.10. The maximum Gasteiger partial charge on any atom is 0.191 e. The molecule has 4 nitrogen and oxygen atoms in total. The second-order valence-corrected chi connectivity index (χ2v) is 5.72. The minimum absolute atomic E-state index is 0.244. The molecule has 2 aromatic rings. The molecule has 2 aromatic heterocycles. The molecule has 2 heterocycles. The Morgan fingerprint density at radius 2 is 2.25 bits per heavy atom. The van der Waals surface area contributed by atoms with Gasteiger partial charge in [-0.3, -0.25) is 4.99 Å². The number of aryl methyl sites for hydroxylation is 2. The second kappa shape index (κ2) is 6.61. The van der Waals surface area contributed by atoms with Gasteiger partial charge in [0.15, 0.2) is 5.96 Å². The number of thiophene rings is 1. The van der Waals surface area contributed by atoms with Crippen LogP contribution in [0.5, 0.6) is 0 Å². The number of hydrogen-bond donors (Lipinski definition) is 2. The predicted octanol–water partition coefficient (Wildman–Crippen LogP) is 3.38. The molecular weight excluding hydrogens is 270 g/mol. The monoisotopic (exact) mass is 291 g/mol. The van der Waals surface area contributed by atoms with Crippen molar-refractivity contribution < 1.29 is 4.42 Å². The van der Waals surface area contributed by atoms with Gasteiger partial charge in [-0.25, -0.2) is 0 Å². The molecule has 0 amide bonds. The molecule has 0 radical (unpaired) electrons. The van der Waals surface area contributed by atoms with E-state index in [2.05, 4.69) is 46.1 Å². The Hall–Kier alpha value is -1.75.